The fraction of sp³-hybridized carbons (Fsp3) is 0.231. The van der Waals surface area contributed by atoms with E-state index in [1.54, 1.807) is 30.3 Å². The molecule has 5 nitrogen and oxygen atoms in total. The monoisotopic (exact) mass is 248 g/mol. The second kappa shape index (κ2) is 7.11. The van der Waals surface area contributed by atoms with Gasteiger partial charge in [0.25, 0.3) is 0 Å². The fourth-order valence-corrected chi connectivity index (χ4v) is 1.27. The predicted molar refractivity (Wildman–Crippen MR) is 69.5 cm³/mol. The molecule has 0 aromatic heterocycles. The van der Waals surface area contributed by atoms with E-state index >= 15 is 0 Å². The second-order valence-electron chi connectivity index (χ2n) is 3.52. The molecule has 0 heterocycles. The Kier molecular flexibility index (Phi) is 5.44. The van der Waals surface area contributed by atoms with Gasteiger partial charge in [-0.2, -0.15) is 0 Å². The molecule has 0 saturated heterocycles. The van der Waals surface area contributed by atoms with Crippen molar-refractivity contribution in [3.63, 3.8) is 0 Å². The van der Waals surface area contributed by atoms with Crippen molar-refractivity contribution in [1.29, 1.82) is 0 Å². The quantitative estimate of drug-likeness (QED) is 0.586. The zero-order chi connectivity index (χ0) is 13.4. The van der Waals surface area contributed by atoms with Crippen molar-refractivity contribution in [3.05, 3.63) is 42.5 Å². The van der Waals surface area contributed by atoms with E-state index in [9.17, 15) is 9.59 Å². The van der Waals surface area contributed by atoms with Gasteiger partial charge in [0.1, 0.15) is 0 Å². The number of nitrogens with one attached hydrogen (secondary N) is 2. The van der Waals surface area contributed by atoms with Gasteiger partial charge in [-0.15, -0.1) is 6.58 Å². The van der Waals surface area contributed by atoms with Crippen LogP contribution in [0.1, 0.15) is 10.4 Å². The Morgan fingerprint density at radius 3 is 2.56 bits per heavy atom. The number of anilines is 1. The molecule has 18 heavy (non-hydrogen) atoms. The first-order valence-corrected chi connectivity index (χ1v) is 5.47. The highest BCUT2D eigenvalue weighted by atomic mass is 16.5. The first kappa shape index (κ1) is 13.8. The molecule has 0 aliphatic heterocycles. The van der Waals surface area contributed by atoms with Crippen molar-refractivity contribution in [2.45, 2.75) is 0 Å². The number of hydrogen-bond acceptors (Lipinski definition) is 4. The predicted octanol–water partition coefficient (Wildman–Crippen LogP) is 1.19. The van der Waals surface area contributed by atoms with Gasteiger partial charge in [0, 0.05) is 12.2 Å². The molecule has 1 aromatic rings. The summed E-state index contributed by atoms with van der Waals surface area (Å²) in [6, 6.07) is 6.70. The van der Waals surface area contributed by atoms with Crippen LogP contribution in [0.25, 0.3) is 0 Å². The number of benzene rings is 1. The third-order valence-electron chi connectivity index (χ3n) is 2.20. The van der Waals surface area contributed by atoms with Gasteiger partial charge in [-0.1, -0.05) is 6.08 Å². The maximum atomic E-state index is 11.3. The van der Waals surface area contributed by atoms with Gasteiger partial charge in [-0.3, -0.25) is 4.79 Å². The van der Waals surface area contributed by atoms with Crippen LogP contribution in [0, 0.1) is 0 Å². The lowest BCUT2D eigenvalue weighted by molar-refractivity contribution is -0.119. The van der Waals surface area contributed by atoms with Gasteiger partial charge >= 0.3 is 5.97 Å². The highest BCUT2D eigenvalue weighted by Gasteiger charge is 2.04. The van der Waals surface area contributed by atoms with E-state index in [1.807, 2.05) is 0 Å². The summed E-state index contributed by atoms with van der Waals surface area (Å²) < 4.78 is 4.59. The summed E-state index contributed by atoms with van der Waals surface area (Å²) in [4.78, 5) is 22.5. The number of methoxy groups -OCH3 is 1. The first-order chi connectivity index (χ1) is 8.67. The molecule has 0 spiro atoms. The van der Waals surface area contributed by atoms with E-state index in [0.29, 0.717) is 12.1 Å². The summed E-state index contributed by atoms with van der Waals surface area (Å²) in [5.41, 5.74) is 1.23. The SMILES string of the molecule is C=CCNC(=O)CNc1ccc(C(=O)OC)cc1. The van der Waals surface area contributed by atoms with Crippen molar-refractivity contribution >= 4 is 17.6 Å². The molecule has 96 valence electrons. The molecule has 0 saturated carbocycles. The third kappa shape index (κ3) is 4.29. The summed E-state index contributed by atoms with van der Waals surface area (Å²) in [5.74, 6) is -0.503. The van der Waals surface area contributed by atoms with Crippen molar-refractivity contribution < 1.29 is 14.3 Å². The molecular formula is C13H16N2O3. The summed E-state index contributed by atoms with van der Waals surface area (Å²) in [5, 5.41) is 5.59. The topological polar surface area (TPSA) is 67.4 Å². The number of hydrogen-bond donors (Lipinski definition) is 2. The van der Waals surface area contributed by atoms with Gasteiger partial charge in [0.05, 0.1) is 19.2 Å². The molecule has 5 heteroatoms. The molecule has 0 aliphatic rings. The van der Waals surface area contributed by atoms with E-state index in [4.69, 9.17) is 0 Å². The van der Waals surface area contributed by atoms with Gasteiger partial charge in [-0.05, 0) is 24.3 Å². The van der Waals surface area contributed by atoms with Crippen LogP contribution in [-0.2, 0) is 9.53 Å². The molecule has 0 radical (unpaired) electrons. The molecule has 1 rings (SSSR count). The Bertz CT molecular complexity index is 426. The maximum absolute atomic E-state index is 11.3. The Hall–Kier alpha value is -2.30. The van der Waals surface area contributed by atoms with Crippen LogP contribution >= 0.6 is 0 Å². The lowest BCUT2D eigenvalue weighted by Gasteiger charge is -2.07. The average Bonchev–Trinajstić information content (AvgIpc) is 2.42. The minimum atomic E-state index is -0.384. The lowest BCUT2D eigenvalue weighted by Crippen LogP contribution is -2.29. The number of esters is 1. The van der Waals surface area contributed by atoms with E-state index in [2.05, 4.69) is 21.9 Å². The molecule has 1 aromatic carbocycles. The van der Waals surface area contributed by atoms with Crippen molar-refractivity contribution in [2.75, 3.05) is 25.5 Å². The Morgan fingerprint density at radius 2 is 2.00 bits per heavy atom. The van der Waals surface area contributed by atoms with Crippen molar-refractivity contribution in [3.8, 4) is 0 Å². The van der Waals surface area contributed by atoms with Crippen LogP contribution in [0.2, 0.25) is 0 Å². The summed E-state index contributed by atoms with van der Waals surface area (Å²) in [6.07, 6.45) is 1.61. The van der Waals surface area contributed by atoms with Crippen LogP contribution < -0.4 is 10.6 Å². The second-order valence-corrected chi connectivity index (χ2v) is 3.52. The minimum Gasteiger partial charge on any atom is -0.465 e. The highest BCUT2D eigenvalue weighted by molar-refractivity contribution is 5.89. The van der Waals surface area contributed by atoms with E-state index < -0.39 is 0 Å². The van der Waals surface area contributed by atoms with Crippen LogP contribution in [0.4, 0.5) is 5.69 Å². The van der Waals surface area contributed by atoms with Crippen LogP contribution in [0.5, 0.6) is 0 Å². The summed E-state index contributed by atoms with van der Waals surface area (Å²) in [7, 11) is 1.33. The normalized spacial score (nSPS) is 9.39. The smallest absolute Gasteiger partial charge is 0.337 e. The highest BCUT2D eigenvalue weighted by Crippen LogP contribution is 2.09. The number of rotatable bonds is 6. The molecule has 1 amide bonds. The first-order valence-electron chi connectivity index (χ1n) is 5.47. The Morgan fingerprint density at radius 1 is 1.33 bits per heavy atom. The van der Waals surface area contributed by atoms with Gasteiger partial charge in [-0.25, -0.2) is 4.79 Å². The van der Waals surface area contributed by atoms with Gasteiger partial charge in [0.2, 0.25) is 5.91 Å². The average molecular weight is 248 g/mol. The van der Waals surface area contributed by atoms with Crippen LogP contribution in [-0.4, -0.2) is 32.1 Å². The van der Waals surface area contributed by atoms with Crippen LogP contribution in [0.15, 0.2) is 36.9 Å². The fourth-order valence-electron chi connectivity index (χ4n) is 1.27. The van der Waals surface area contributed by atoms with Crippen LogP contribution in [0.3, 0.4) is 0 Å². The molecule has 2 N–H and O–H groups in total. The number of ether oxygens (including phenoxy) is 1. The summed E-state index contributed by atoms with van der Waals surface area (Å²) >= 11 is 0. The molecule has 0 atom stereocenters. The van der Waals surface area contributed by atoms with Gasteiger partial charge in [0.15, 0.2) is 0 Å². The van der Waals surface area contributed by atoms with Gasteiger partial charge < -0.3 is 15.4 Å². The Balaban J connectivity index is 2.46. The van der Waals surface area contributed by atoms with E-state index in [1.165, 1.54) is 7.11 Å². The third-order valence-corrected chi connectivity index (χ3v) is 2.20. The number of amides is 1. The van der Waals surface area contributed by atoms with Crippen molar-refractivity contribution in [2.24, 2.45) is 0 Å². The minimum absolute atomic E-state index is 0.119. The van der Waals surface area contributed by atoms with E-state index in [0.717, 1.165) is 5.69 Å². The molecule has 0 unspecified atom stereocenters. The van der Waals surface area contributed by atoms with Crippen molar-refractivity contribution in [1.82, 2.24) is 5.32 Å². The summed E-state index contributed by atoms with van der Waals surface area (Å²) in [6.45, 7) is 4.12. The number of carbonyl (C=O) groups is 2. The molecule has 0 bridgehead atoms. The number of carbonyl (C=O) groups excluding carboxylic acids is 2. The largest absolute Gasteiger partial charge is 0.465 e. The lowest BCUT2D eigenvalue weighted by atomic mass is 10.2. The molecule has 0 fully saturated rings. The van der Waals surface area contributed by atoms with E-state index in [-0.39, 0.29) is 18.4 Å². The Labute approximate surface area is 106 Å². The molecule has 0 aliphatic carbocycles. The zero-order valence-electron chi connectivity index (χ0n) is 10.2. The standard InChI is InChI=1S/C13H16N2O3/c1-3-8-14-12(16)9-15-11-6-4-10(5-7-11)13(17)18-2/h3-7,15H,1,8-9H2,2H3,(H,14,16). The zero-order valence-corrected chi connectivity index (χ0v) is 10.2. The maximum Gasteiger partial charge on any atom is 0.337 e. The molecular weight excluding hydrogens is 232 g/mol.